The van der Waals surface area contributed by atoms with Crippen LogP contribution in [0.25, 0.3) is 0 Å². The van der Waals surface area contributed by atoms with Crippen molar-refractivity contribution in [1.29, 1.82) is 5.26 Å². The Morgan fingerprint density at radius 1 is 1.22 bits per heavy atom. The molecule has 0 saturated carbocycles. The highest BCUT2D eigenvalue weighted by atomic mass is 32.2. The molecular formula is C17H13F3N2O4S. The predicted molar refractivity (Wildman–Crippen MR) is 88.4 cm³/mol. The van der Waals surface area contributed by atoms with E-state index in [9.17, 15) is 26.4 Å². The molecule has 2 rings (SSSR count). The normalized spacial score (nSPS) is 11.5. The fourth-order valence-electron chi connectivity index (χ4n) is 2.16. The number of hydrogen-bond acceptors (Lipinski definition) is 5. The van der Waals surface area contributed by atoms with Crippen LogP contribution in [-0.2, 0) is 16.2 Å². The average Bonchev–Trinajstić information content (AvgIpc) is 2.60. The van der Waals surface area contributed by atoms with Gasteiger partial charge in [0.15, 0.2) is 0 Å². The van der Waals surface area contributed by atoms with Crippen molar-refractivity contribution in [1.82, 2.24) is 4.72 Å². The highest BCUT2D eigenvalue weighted by molar-refractivity contribution is 7.90. The number of rotatable bonds is 5. The van der Waals surface area contributed by atoms with Crippen molar-refractivity contribution in [2.45, 2.75) is 18.0 Å². The van der Waals surface area contributed by atoms with Gasteiger partial charge in [-0.05, 0) is 43.3 Å². The number of nitrogens with zero attached hydrogens (tertiary/aromatic N) is 1. The number of sulfonamides is 1. The van der Waals surface area contributed by atoms with Crippen LogP contribution in [0.5, 0.6) is 5.75 Å². The molecule has 0 aliphatic rings. The van der Waals surface area contributed by atoms with Gasteiger partial charge in [0.05, 0.1) is 28.7 Å². The number of benzene rings is 2. The van der Waals surface area contributed by atoms with Gasteiger partial charge in [0.1, 0.15) is 5.75 Å². The highest BCUT2D eigenvalue weighted by Gasteiger charge is 2.35. The topological polar surface area (TPSA) is 96.3 Å². The van der Waals surface area contributed by atoms with E-state index < -0.39 is 38.1 Å². The maximum atomic E-state index is 13.0. The molecule has 1 N–H and O–H groups in total. The first-order valence-electron chi connectivity index (χ1n) is 7.50. The van der Waals surface area contributed by atoms with Crippen molar-refractivity contribution in [3.05, 3.63) is 59.2 Å². The molecule has 2 aromatic rings. The number of nitriles is 1. The largest absolute Gasteiger partial charge is 0.494 e. The summed E-state index contributed by atoms with van der Waals surface area (Å²) in [5.41, 5.74) is -2.18. The zero-order valence-corrected chi connectivity index (χ0v) is 14.7. The lowest BCUT2D eigenvalue weighted by Crippen LogP contribution is -2.30. The lowest BCUT2D eigenvalue weighted by Gasteiger charge is -2.12. The fraction of sp³-hybridized carbons (Fsp3) is 0.176. The van der Waals surface area contributed by atoms with Crippen molar-refractivity contribution in [3.8, 4) is 11.8 Å². The molecule has 0 aromatic heterocycles. The van der Waals surface area contributed by atoms with Crippen molar-refractivity contribution in [2.24, 2.45) is 0 Å². The lowest BCUT2D eigenvalue weighted by molar-refractivity contribution is -0.137. The lowest BCUT2D eigenvalue weighted by atomic mass is 10.1. The van der Waals surface area contributed by atoms with E-state index >= 15 is 0 Å². The summed E-state index contributed by atoms with van der Waals surface area (Å²) in [5, 5.41) is 8.76. The molecule has 0 fully saturated rings. The van der Waals surface area contributed by atoms with Gasteiger partial charge in [0.25, 0.3) is 15.9 Å². The summed E-state index contributed by atoms with van der Waals surface area (Å²) in [7, 11) is -4.59. The van der Waals surface area contributed by atoms with Crippen molar-refractivity contribution < 1.29 is 31.1 Å². The molecule has 0 aliphatic carbocycles. The first-order valence-corrected chi connectivity index (χ1v) is 8.98. The van der Waals surface area contributed by atoms with Crippen molar-refractivity contribution in [3.63, 3.8) is 0 Å². The summed E-state index contributed by atoms with van der Waals surface area (Å²) >= 11 is 0. The second-order valence-corrected chi connectivity index (χ2v) is 6.89. The predicted octanol–water partition coefficient (Wildman–Crippen LogP) is 3.09. The second-order valence-electron chi connectivity index (χ2n) is 5.21. The minimum atomic E-state index is -4.92. The molecule has 2 aromatic carbocycles. The third-order valence-electron chi connectivity index (χ3n) is 3.36. The molecule has 0 unspecified atom stereocenters. The van der Waals surface area contributed by atoms with Gasteiger partial charge in [0, 0.05) is 5.56 Å². The van der Waals surface area contributed by atoms with Crippen LogP contribution in [0.3, 0.4) is 0 Å². The third kappa shape index (κ3) is 4.77. The highest BCUT2D eigenvalue weighted by Crippen LogP contribution is 2.33. The van der Waals surface area contributed by atoms with Gasteiger partial charge < -0.3 is 4.74 Å². The van der Waals surface area contributed by atoms with Crippen LogP contribution in [0.4, 0.5) is 13.2 Å². The number of carbonyl (C=O) groups is 1. The Bertz CT molecular complexity index is 1010. The van der Waals surface area contributed by atoms with Gasteiger partial charge in [-0.3, -0.25) is 4.79 Å². The van der Waals surface area contributed by atoms with Crippen LogP contribution in [0.2, 0.25) is 0 Å². The molecule has 0 saturated heterocycles. The molecule has 6 nitrogen and oxygen atoms in total. The number of alkyl halides is 3. The van der Waals surface area contributed by atoms with Gasteiger partial charge >= 0.3 is 6.18 Å². The van der Waals surface area contributed by atoms with E-state index in [2.05, 4.69) is 0 Å². The molecular weight excluding hydrogens is 385 g/mol. The number of nitrogens with one attached hydrogen (secondary N) is 1. The van der Waals surface area contributed by atoms with Gasteiger partial charge in [-0.25, -0.2) is 13.1 Å². The Morgan fingerprint density at radius 3 is 2.52 bits per heavy atom. The zero-order valence-electron chi connectivity index (χ0n) is 13.9. The monoisotopic (exact) mass is 398 g/mol. The summed E-state index contributed by atoms with van der Waals surface area (Å²) in [6.07, 6.45) is -4.92. The number of amides is 1. The zero-order chi connectivity index (χ0) is 20.2. The number of ether oxygens (including phenoxy) is 1. The van der Waals surface area contributed by atoms with Crippen molar-refractivity contribution >= 4 is 15.9 Å². The van der Waals surface area contributed by atoms with E-state index in [1.807, 2.05) is 0 Å². The Morgan fingerprint density at radius 2 is 1.93 bits per heavy atom. The van der Waals surface area contributed by atoms with E-state index in [1.165, 1.54) is 24.3 Å². The van der Waals surface area contributed by atoms with Gasteiger partial charge in [-0.1, -0.05) is 6.07 Å². The smallest absolute Gasteiger partial charge is 0.417 e. The molecule has 0 heterocycles. The van der Waals surface area contributed by atoms with E-state index in [0.717, 1.165) is 12.1 Å². The van der Waals surface area contributed by atoms with E-state index in [0.29, 0.717) is 18.4 Å². The first-order chi connectivity index (χ1) is 12.6. The maximum absolute atomic E-state index is 13.0. The minimum absolute atomic E-state index is 0.0470. The number of halogens is 3. The Kier molecular flexibility index (Phi) is 5.75. The molecule has 0 aliphatic heterocycles. The summed E-state index contributed by atoms with van der Waals surface area (Å²) in [4.78, 5) is 11.4. The molecule has 0 spiro atoms. The Labute approximate surface area is 153 Å². The SMILES string of the molecule is CCOc1cccc(C(=O)NS(=O)(=O)c2ccc(C#N)c(C(F)(F)F)c2)c1. The van der Waals surface area contributed by atoms with Gasteiger partial charge in [-0.15, -0.1) is 0 Å². The molecule has 0 bridgehead atoms. The molecule has 0 radical (unpaired) electrons. The summed E-state index contributed by atoms with van der Waals surface area (Å²) in [6.45, 7) is 2.05. The molecule has 1 amide bonds. The van der Waals surface area contributed by atoms with Crippen LogP contribution in [0, 0.1) is 11.3 Å². The van der Waals surface area contributed by atoms with Gasteiger partial charge in [-0.2, -0.15) is 18.4 Å². The van der Waals surface area contributed by atoms with E-state index in [-0.39, 0.29) is 5.56 Å². The maximum Gasteiger partial charge on any atom is 0.417 e. The molecule has 27 heavy (non-hydrogen) atoms. The molecule has 10 heteroatoms. The molecule has 0 atom stereocenters. The summed E-state index contributed by atoms with van der Waals surface area (Å²) in [6, 6.07) is 8.87. The van der Waals surface area contributed by atoms with Gasteiger partial charge in [0.2, 0.25) is 0 Å². The number of carbonyl (C=O) groups excluding carboxylic acids is 1. The van der Waals surface area contributed by atoms with Crippen LogP contribution in [-0.4, -0.2) is 20.9 Å². The second kappa shape index (κ2) is 7.67. The van der Waals surface area contributed by atoms with Crippen LogP contribution in [0.15, 0.2) is 47.4 Å². The number of hydrogen-bond donors (Lipinski definition) is 1. The average molecular weight is 398 g/mol. The quantitative estimate of drug-likeness (QED) is 0.835. The minimum Gasteiger partial charge on any atom is -0.494 e. The third-order valence-corrected chi connectivity index (χ3v) is 4.69. The summed E-state index contributed by atoms with van der Waals surface area (Å²) in [5.74, 6) is -0.699. The van der Waals surface area contributed by atoms with E-state index in [4.69, 9.17) is 10.00 Å². The van der Waals surface area contributed by atoms with Crippen LogP contribution >= 0.6 is 0 Å². The Hall–Kier alpha value is -3.06. The van der Waals surface area contributed by atoms with Crippen LogP contribution in [0.1, 0.15) is 28.4 Å². The Balaban J connectivity index is 2.35. The van der Waals surface area contributed by atoms with Crippen molar-refractivity contribution in [2.75, 3.05) is 6.61 Å². The van der Waals surface area contributed by atoms with Crippen LogP contribution < -0.4 is 9.46 Å². The standard InChI is InChI=1S/C17H13F3N2O4S/c1-2-26-13-5-3-4-11(8-13)16(23)22-27(24,25)14-7-6-12(10-21)15(9-14)17(18,19)20/h3-9H,2H2,1H3,(H,22,23). The van der Waals surface area contributed by atoms with E-state index in [1.54, 1.807) is 17.7 Å². The fourth-order valence-corrected chi connectivity index (χ4v) is 3.16. The first kappa shape index (κ1) is 20.3. The summed E-state index contributed by atoms with van der Waals surface area (Å²) < 4.78 is 70.5. The molecule has 142 valence electrons.